The number of hydrogen-bond donors (Lipinski definition) is 3. The number of aromatic nitrogens is 3. The van der Waals surface area contributed by atoms with Crippen molar-refractivity contribution in [3.63, 3.8) is 0 Å². The van der Waals surface area contributed by atoms with Gasteiger partial charge in [-0.05, 0) is 65.3 Å². The van der Waals surface area contributed by atoms with Crippen LogP contribution in [0.2, 0.25) is 0 Å². The number of amides is 1. The zero-order chi connectivity index (χ0) is 26.4. The van der Waals surface area contributed by atoms with Crippen LogP contribution in [0.4, 0.5) is 0 Å². The second kappa shape index (κ2) is 9.55. The summed E-state index contributed by atoms with van der Waals surface area (Å²) in [6.45, 7) is 11.7. The van der Waals surface area contributed by atoms with Crippen LogP contribution in [-0.4, -0.2) is 32.1 Å². The smallest absolute Gasteiger partial charge is 0.274 e. The molecule has 190 valence electrons. The summed E-state index contributed by atoms with van der Waals surface area (Å²) < 4.78 is 8.01. The van der Waals surface area contributed by atoms with Crippen LogP contribution in [0.1, 0.15) is 66.0 Å². The van der Waals surface area contributed by atoms with E-state index in [-0.39, 0.29) is 17.6 Å². The highest BCUT2D eigenvalue weighted by Gasteiger charge is 2.27. The van der Waals surface area contributed by atoms with Gasteiger partial charge in [-0.1, -0.05) is 0 Å². The molecule has 4 heterocycles. The monoisotopic (exact) mass is 508 g/mol. The molecule has 0 saturated heterocycles. The molecule has 1 atom stereocenters. The number of H-pyrrole nitrogens is 1. The highest BCUT2D eigenvalue weighted by atomic mass is 32.1. The van der Waals surface area contributed by atoms with Gasteiger partial charge >= 0.3 is 0 Å². The van der Waals surface area contributed by atoms with E-state index >= 15 is 0 Å². The van der Waals surface area contributed by atoms with E-state index in [0.29, 0.717) is 28.9 Å². The zero-order valence-corrected chi connectivity index (χ0v) is 22.5. The number of nitrogens with one attached hydrogen (secondary N) is 2. The number of nitrogens with zero attached hydrogens (tertiary/aromatic N) is 2. The van der Waals surface area contributed by atoms with E-state index < -0.39 is 5.60 Å². The van der Waals surface area contributed by atoms with Crippen molar-refractivity contribution in [3.8, 4) is 16.2 Å². The van der Waals surface area contributed by atoms with E-state index in [1.165, 1.54) is 15.9 Å². The summed E-state index contributed by atoms with van der Waals surface area (Å²) in [7, 11) is 1.67. The first kappa shape index (κ1) is 25.7. The number of aliphatic hydroxyl groups is 1. The maximum atomic E-state index is 12.9. The molecule has 4 rings (SSSR count). The number of fused-ring (bicyclic) bond motifs is 1. The van der Waals surface area contributed by atoms with Gasteiger partial charge in [-0.2, -0.15) is 0 Å². The van der Waals surface area contributed by atoms with Crippen molar-refractivity contribution in [2.75, 3.05) is 6.54 Å². The van der Waals surface area contributed by atoms with E-state index in [9.17, 15) is 14.7 Å². The molecule has 0 radical (unpaired) electrons. The summed E-state index contributed by atoms with van der Waals surface area (Å²) >= 11 is 1.40. The molecule has 1 unspecified atom stereocenters. The van der Waals surface area contributed by atoms with E-state index in [2.05, 4.69) is 15.3 Å². The fourth-order valence-electron chi connectivity index (χ4n) is 4.41. The van der Waals surface area contributed by atoms with Crippen molar-refractivity contribution >= 4 is 28.1 Å². The van der Waals surface area contributed by atoms with Crippen LogP contribution < -0.4 is 15.6 Å². The lowest BCUT2D eigenvalue weighted by Gasteiger charge is -2.19. The number of rotatable bonds is 7. The standard InChI is InChI=1S/C27H32N4O4S/c1-8-28-25(32)19-11-17-18(13-31(7)26(33)23(17)30-19)24-20(12-21(36-24)27(5,6)34)35-16(4)22-14(2)9-10-29-15(22)3/h9-13,16,30,34H,8H2,1-7H3,(H,28,32). The number of carbonyl (C=O) groups is 1. The molecule has 0 fully saturated rings. The number of hydrogen-bond acceptors (Lipinski definition) is 6. The Kier molecular flexibility index (Phi) is 6.81. The first-order valence-corrected chi connectivity index (χ1v) is 12.7. The van der Waals surface area contributed by atoms with Gasteiger partial charge in [0.15, 0.2) is 0 Å². The zero-order valence-electron chi connectivity index (χ0n) is 21.6. The molecule has 0 aliphatic heterocycles. The fourth-order valence-corrected chi connectivity index (χ4v) is 5.53. The number of ether oxygens (including phenoxy) is 1. The van der Waals surface area contributed by atoms with Crippen molar-refractivity contribution in [2.24, 2.45) is 7.05 Å². The Morgan fingerprint density at radius 3 is 2.69 bits per heavy atom. The van der Waals surface area contributed by atoms with Crippen molar-refractivity contribution in [3.05, 3.63) is 68.3 Å². The summed E-state index contributed by atoms with van der Waals surface area (Å²) in [6.07, 6.45) is 3.22. The van der Waals surface area contributed by atoms with Gasteiger partial charge in [-0.3, -0.25) is 14.6 Å². The second-order valence-electron chi connectivity index (χ2n) is 9.54. The first-order valence-electron chi connectivity index (χ1n) is 11.9. The molecule has 0 spiro atoms. The van der Waals surface area contributed by atoms with Gasteiger partial charge in [0.05, 0.1) is 10.5 Å². The summed E-state index contributed by atoms with van der Waals surface area (Å²) in [5.74, 6) is 0.311. The third-order valence-corrected chi connectivity index (χ3v) is 7.67. The Balaban J connectivity index is 1.91. The molecule has 36 heavy (non-hydrogen) atoms. The molecular weight excluding hydrogens is 476 g/mol. The molecule has 0 saturated carbocycles. The number of aryl methyl sites for hydroxylation is 3. The fraction of sp³-hybridized carbons (Fsp3) is 0.370. The topological polar surface area (TPSA) is 109 Å². The summed E-state index contributed by atoms with van der Waals surface area (Å²) in [5, 5.41) is 14.2. The number of aromatic amines is 1. The molecule has 0 aliphatic rings. The third kappa shape index (κ3) is 4.68. The van der Waals surface area contributed by atoms with Gasteiger partial charge < -0.3 is 24.7 Å². The van der Waals surface area contributed by atoms with Crippen LogP contribution >= 0.6 is 11.3 Å². The van der Waals surface area contributed by atoms with E-state index in [1.54, 1.807) is 39.4 Å². The maximum Gasteiger partial charge on any atom is 0.274 e. The largest absolute Gasteiger partial charge is 0.484 e. The van der Waals surface area contributed by atoms with Crippen molar-refractivity contribution in [1.29, 1.82) is 0 Å². The molecule has 1 amide bonds. The normalized spacial score (nSPS) is 12.7. The van der Waals surface area contributed by atoms with Crippen LogP contribution in [0.25, 0.3) is 21.3 Å². The molecule has 3 N–H and O–H groups in total. The molecule has 8 nitrogen and oxygen atoms in total. The van der Waals surface area contributed by atoms with Gasteiger partial charge in [-0.25, -0.2) is 0 Å². The van der Waals surface area contributed by atoms with Gasteiger partial charge in [0, 0.05) is 53.1 Å². The Bertz CT molecular complexity index is 1490. The van der Waals surface area contributed by atoms with Crippen molar-refractivity contribution in [2.45, 2.75) is 53.2 Å². The Hall–Kier alpha value is -3.43. The van der Waals surface area contributed by atoms with Gasteiger partial charge in [0.1, 0.15) is 23.1 Å². The molecule has 0 aromatic carbocycles. The maximum absolute atomic E-state index is 12.9. The number of pyridine rings is 2. The number of thiophene rings is 1. The average molecular weight is 509 g/mol. The van der Waals surface area contributed by atoms with Crippen molar-refractivity contribution < 1.29 is 14.6 Å². The van der Waals surface area contributed by atoms with Gasteiger partial charge in [-0.15, -0.1) is 11.3 Å². The predicted molar refractivity (Wildman–Crippen MR) is 143 cm³/mol. The Labute approximate surface area is 214 Å². The minimum atomic E-state index is -1.09. The SMILES string of the molecule is CCNC(=O)c1cc2c(-c3sc(C(C)(C)O)cc3OC(C)c3c(C)ccnc3C)cn(C)c(=O)c2[nH]1. The molecule has 0 bridgehead atoms. The number of carbonyl (C=O) groups excluding carboxylic acids is 1. The molecule has 9 heteroatoms. The lowest BCUT2D eigenvalue weighted by atomic mass is 10.0. The van der Waals surface area contributed by atoms with Crippen LogP contribution in [-0.2, 0) is 12.6 Å². The highest BCUT2D eigenvalue weighted by Crippen LogP contribution is 2.45. The molecule has 0 aliphatic carbocycles. The Morgan fingerprint density at radius 1 is 1.33 bits per heavy atom. The van der Waals surface area contributed by atoms with Crippen LogP contribution in [0.5, 0.6) is 5.75 Å². The highest BCUT2D eigenvalue weighted by molar-refractivity contribution is 7.16. The van der Waals surface area contributed by atoms with Gasteiger partial charge in [0.2, 0.25) is 0 Å². The average Bonchev–Trinajstić information content (AvgIpc) is 3.42. The predicted octanol–water partition coefficient (Wildman–Crippen LogP) is 4.72. The van der Waals surface area contributed by atoms with E-state index in [0.717, 1.165) is 32.1 Å². The lowest BCUT2D eigenvalue weighted by molar-refractivity contribution is 0.0821. The van der Waals surface area contributed by atoms with Crippen LogP contribution in [0.15, 0.2) is 35.4 Å². The quantitative estimate of drug-likeness (QED) is 0.335. The Morgan fingerprint density at radius 2 is 2.06 bits per heavy atom. The lowest BCUT2D eigenvalue weighted by Crippen LogP contribution is -2.23. The van der Waals surface area contributed by atoms with E-state index in [1.807, 2.05) is 39.8 Å². The minimum absolute atomic E-state index is 0.235. The second-order valence-corrected chi connectivity index (χ2v) is 10.6. The molecule has 4 aromatic rings. The third-order valence-electron chi connectivity index (χ3n) is 6.21. The molecular formula is C27H32N4O4S. The molecule has 4 aromatic heterocycles. The van der Waals surface area contributed by atoms with Crippen molar-refractivity contribution in [1.82, 2.24) is 19.9 Å². The summed E-state index contributed by atoms with van der Waals surface area (Å²) in [6, 6.07) is 5.51. The summed E-state index contributed by atoms with van der Waals surface area (Å²) in [5.41, 5.74) is 3.04. The van der Waals surface area contributed by atoms with Crippen LogP contribution in [0, 0.1) is 13.8 Å². The van der Waals surface area contributed by atoms with E-state index in [4.69, 9.17) is 4.74 Å². The first-order chi connectivity index (χ1) is 16.9. The summed E-state index contributed by atoms with van der Waals surface area (Å²) in [4.78, 5) is 34.3. The minimum Gasteiger partial charge on any atom is -0.484 e. The van der Waals surface area contributed by atoms with Gasteiger partial charge in [0.25, 0.3) is 11.5 Å². The van der Waals surface area contributed by atoms with Crippen LogP contribution in [0.3, 0.4) is 0 Å².